The van der Waals surface area contributed by atoms with E-state index in [0.717, 1.165) is 5.69 Å². The zero-order chi connectivity index (χ0) is 13.9. The fourth-order valence-electron chi connectivity index (χ4n) is 2.12. The van der Waals surface area contributed by atoms with Crippen LogP contribution < -0.4 is 10.2 Å². The predicted octanol–water partition coefficient (Wildman–Crippen LogP) is 3.22. The lowest BCUT2D eigenvalue weighted by Crippen LogP contribution is -2.18. The molecule has 0 aliphatic heterocycles. The van der Waals surface area contributed by atoms with Crippen molar-refractivity contribution in [2.75, 3.05) is 11.4 Å². The van der Waals surface area contributed by atoms with Gasteiger partial charge in [0.2, 0.25) is 0 Å². The molecule has 0 bridgehead atoms. The summed E-state index contributed by atoms with van der Waals surface area (Å²) in [5.74, 6) is -0.273. The maximum Gasteiger partial charge on any atom is 0.302 e. The lowest BCUT2D eigenvalue weighted by atomic mass is 10.3. The average Bonchev–Trinajstić information content (AvgIpc) is 3.18. The van der Waals surface area contributed by atoms with Gasteiger partial charge < -0.3 is 9.73 Å². The standard InChI is InChI=1S/C15H18FN3O/c1-2-19(14-6-4-3-5-13(14)16)15-18-12(10-20-15)9-17-11-7-8-11/h3-6,10-11,17H,2,7-9H2,1H3. The molecular formula is C15H18FN3O. The van der Waals surface area contributed by atoms with Crippen molar-refractivity contribution >= 4 is 11.7 Å². The second kappa shape index (κ2) is 5.63. The van der Waals surface area contributed by atoms with Gasteiger partial charge in [-0.2, -0.15) is 4.98 Å². The van der Waals surface area contributed by atoms with Crippen molar-refractivity contribution in [2.24, 2.45) is 0 Å². The summed E-state index contributed by atoms with van der Waals surface area (Å²) in [6, 6.07) is 7.71. The van der Waals surface area contributed by atoms with Crippen LogP contribution in [0, 0.1) is 5.82 Å². The van der Waals surface area contributed by atoms with E-state index in [2.05, 4.69) is 10.3 Å². The molecule has 0 unspecified atom stereocenters. The van der Waals surface area contributed by atoms with Crippen molar-refractivity contribution in [2.45, 2.75) is 32.4 Å². The molecule has 0 radical (unpaired) electrons. The Morgan fingerprint density at radius 2 is 2.20 bits per heavy atom. The molecule has 0 amide bonds. The number of para-hydroxylation sites is 1. The number of aromatic nitrogens is 1. The van der Waals surface area contributed by atoms with E-state index in [1.165, 1.54) is 18.9 Å². The molecule has 0 spiro atoms. The second-order valence-electron chi connectivity index (χ2n) is 4.97. The smallest absolute Gasteiger partial charge is 0.302 e. The third kappa shape index (κ3) is 2.82. The average molecular weight is 275 g/mol. The number of benzene rings is 1. The molecule has 0 atom stereocenters. The maximum atomic E-state index is 13.9. The number of nitrogens with zero attached hydrogens (tertiary/aromatic N) is 2. The van der Waals surface area contributed by atoms with E-state index in [1.807, 2.05) is 6.92 Å². The Kier molecular flexibility index (Phi) is 3.69. The van der Waals surface area contributed by atoms with E-state index in [-0.39, 0.29) is 5.82 Å². The molecule has 20 heavy (non-hydrogen) atoms. The van der Waals surface area contributed by atoms with Crippen LogP contribution in [0.2, 0.25) is 0 Å². The number of halogens is 1. The monoisotopic (exact) mass is 275 g/mol. The van der Waals surface area contributed by atoms with Gasteiger partial charge in [-0.05, 0) is 31.9 Å². The number of hydrogen-bond donors (Lipinski definition) is 1. The molecule has 5 heteroatoms. The molecule has 1 aliphatic rings. The van der Waals surface area contributed by atoms with Crippen molar-refractivity contribution < 1.29 is 8.81 Å². The van der Waals surface area contributed by atoms with Crippen LogP contribution in [0.25, 0.3) is 0 Å². The van der Waals surface area contributed by atoms with E-state index >= 15 is 0 Å². The fourth-order valence-corrected chi connectivity index (χ4v) is 2.12. The van der Waals surface area contributed by atoms with Gasteiger partial charge in [0.1, 0.15) is 12.1 Å². The highest BCUT2D eigenvalue weighted by Gasteiger charge is 2.21. The van der Waals surface area contributed by atoms with E-state index in [4.69, 9.17) is 4.42 Å². The van der Waals surface area contributed by atoms with E-state index < -0.39 is 0 Å². The molecular weight excluding hydrogens is 257 g/mol. The molecule has 1 N–H and O–H groups in total. The van der Waals surface area contributed by atoms with Crippen molar-refractivity contribution in [1.82, 2.24) is 10.3 Å². The van der Waals surface area contributed by atoms with E-state index in [0.29, 0.717) is 30.8 Å². The Balaban J connectivity index is 1.76. The van der Waals surface area contributed by atoms with Crippen LogP contribution in [-0.2, 0) is 6.54 Å². The number of nitrogens with one attached hydrogen (secondary N) is 1. The maximum absolute atomic E-state index is 13.9. The first kappa shape index (κ1) is 13.1. The summed E-state index contributed by atoms with van der Waals surface area (Å²) in [4.78, 5) is 6.16. The molecule has 1 heterocycles. The van der Waals surface area contributed by atoms with Gasteiger partial charge in [-0.15, -0.1) is 0 Å². The first-order valence-corrected chi connectivity index (χ1v) is 6.97. The minimum absolute atomic E-state index is 0.273. The van der Waals surface area contributed by atoms with Gasteiger partial charge in [0, 0.05) is 19.1 Å². The highest BCUT2D eigenvalue weighted by molar-refractivity contribution is 5.56. The van der Waals surface area contributed by atoms with Gasteiger partial charge in [0.05, 0.1) is 11.4 Å². The molecule has 1 fully saturated rings. The third-order valence-corrected chi connectivity index (χ3v) is 3.38. The number of anilines is 2. The van der Waals surface area contributed by atoms with Crippen LogP contribution in [0.15, 0.2) is 34.9 Å². The Hall–Kier alpha value is -1.88. The van der Waals surface area contributed by atoms with Crippen LogP contribution in [0.5, 0.6) is 0 Å². The van der Waals surface area contributed by atoms with Crippen LogP contribution in [0.1, 0.15) is 25.5 Å². The molecule has 3 rings (SSSR count). The van der Waals surface area contributed by atoms with Crippen LogP contribution >= 0.6 is 0 Å². The molecule has 2 aromatic rings. The van der Waals surface area contributed by atoms with Gasteiger partial charge in [0.25, 0.3) is 0 Å². The molecule has 106 valence electrons. The number of rotatable bonds is 6. The normalized spacial score (nSPS) is 14.5. The van der Waals surface area contributed by atoms with Crippen molar-refractivity contribution in [3.8, 4) is 0 Å². The van der Waals surface area contributed by atoms with E-state index in [1.54, 1.807) is 29.4 Å². The lowest BCUT2D eigenvalue weighted by Gasteiger charge is -2.18. The molecule has 0 saturated heterocycles. The number of oxazole rings is 1. The first-order chi connectivity index (χ1) is 9.78. The summed E-state index contributed by atoms with van der Waals surface area (Å²) < 4.78 is 19.3. The Bertz CT molecular complexity index is 580. The topological polar surface area (TPSA) is 41.3 Å². The highest BCUT2D eigenvalue weighted by Crippen LogP contribution is 2.27. The first-order valence-electron chi connectivity index (χ1n) is 6.97. The second-order valence-corrected chi connectivity index (χ2v) is 4.97. The largest absolute Gasteiger partial charge is 0.431 e. The quantitative estimate of drug-likeness (QED) is 0.879. The van der Waals surface area contributed by atoms with Crippen molar-refractivity contribution in [1.29, 1.82) is 0 Å². The lowest BCUT2D eigenvalue weighted by molar-refractivity contribution is 0.546. The summed E-state index contributed by atoms with van der Waals surface area (Å²) in [5.41, 5.74) is 1.33. The molecule has 1 aromatic heterocycles. The summed E-state index contributed by atoms with van der Waals surface area (Å²) in [6.45, 7) is 3.23. The molecule has 1 aromatic carbocycles. The van der Waals surface area contributed by atoms with Crippen LogP contribution in [-0.4, -0.2) is 17.6 Å². The van der Waals surface area contributed by atoms with Crippen molar-refractivity contribution in [3.63, 3.8) is 0 Å². The van der Waals surface area contributed by atoms with Gasteiger partial charge in [0.15, 0.2) is 0 Å². The van der Waals surface area contributed by atoms with Crippen LogP contribution in [0.3, 0.4) is 0 Å². The fraction of sp³-hybridized carbons (Fsp3) is 0.400. The minimum Gasteiger partial charge on any atom is -0.431 e. The van der Waals surface area contributed by atoms with Gasteiger partial charge in [-0.3, -0.25) is 4.90 Å². The Labute approximate surface area is 117 Å². The zero-order valence-corrected chi connectivity index (χ0v) is 11.5. The summed E-state index contributed by atoms with van der Waals surface area (Å²) >= 11 is 0. The summed E-state index contributed by atoms with van der Waals surface area (Å²) in [6.07, 6.45) is 4.11. The Morgan fingerprint density at radius 3 is 2.90 bits per heavy atom. The zero-order valence-electron chi connectivity index (χ0n) is 11.5. The van der Waals surface area contributed by atoms with Gasteiger partial charge in [-0.1, -0.05) is 12.1 Å². The third-order valence-electron chi connectivity index (χ3n) is 3.38. The van der Waals surface area contributed by atoms with E-state index in [9.17, 15) is 4.39 Å². The Morgan fingerprint density at radius 1 is 1.40 bits per heavy atom. The minimum atomic E-state index is -0.273. The molecule has 1 aliphatic carbocycles. The SMILES string of the molecule is CCN(c1nc(CNC2CC2)co1)c1ccccc1F. The van der Waals surface area contributed by atoms with Gasteiger partial charge >= 0.3 is 6.01 Å². The predicted molar refractivity (Wildman–Crippen MR) is 75.4 cm³/mol. The molecule has 4 nitrogen and oxygen atoms in total. The van der Waals surface area contributed by atoms with Crippen LogP contribution in [0.4, 0.5) is 16.1 Å². The number of hydrogen-bond acceptors (Lipinski definition) is 4. The molecule has 1 saturated carbocycles. The van der Waals surface area contributed by atoms with Gasteiger partial charge in [-0.25, -0.2) is 4.39 Å². The summed E-state index contributed by atoms with van der Waals surface area (Å²) in [5, 5.41) is 3.38. The highest BCUT2D eigenvalue weighted by atomic mass is 19.1. The summed E-state index contributed by atoms with van der Waals surface area (Å²) in [7, 11) is 0. The van der Waals surface area contributed by atoms with Crippen molar-refractivity contribution in [3.05, 3.63) is 42.0 Å².